The molecule has 0 unspecified atom stereocenters. The number of hydrogen-bond donors (Lipinski definition) is 1. The largest absolute Gasteiger partial charge is 0.493 e. The second-order valence-corrected chi connectivity index (χ2v) is 7.74. The maximum absolute atomic E-state index is 12.4. The molecule has 150 valence electrons. The number of halogens is 2. The molecule has 0 aromatic heterocycles. The number of urea groups is 1. The van der Waals surface area contributed by atoms with Gasteiger partial charge in [-0.15, -0.1) is 6.58 Å². The maximum Gasteiger partial charge on any atom is 0.329 e. The van der Waals surface area contributed by atoms with Crippen LogP contribution in [0.4, 0.5) is 4.79 Å². The Kier molecular flexibility index (Phi) is 6.81. The van der Waals surface area contributed by atoms with Gasteiger partial charge in [0, 0.05) is 11.6 Å². The highest BCUT2D eigenvalue weighted by atomic mass is 127. The topological polar surface area (TPSA) is 67.9 Å². The van der Waals surface area contributed by atoms with Gasteiger partial charge < -0.3 is 14.8 Å². The molecule has 3 amide bonds. The van der Waals surface area contributed by atoms with Gasteiger partial charge in [-0.25, -0.2) is 4.79 Å². The van der Waals surface area contributed by atoms with Crippen LogP contribution in [0.25, 0.3) is 6.08 Å². The number of benzene rings is 2. The highest BCUT2D eigenvalue weighted by Gasteiger charge is 2.32. The zero-order valence-corrected chi connectivity index (χ0v) is 18.5. The van der Waals surface area contributed by atoms with E-state index >= 15 is 0 Å². The summed E-state index contributed by atoms with van der Waals surface area (Å²) >= 11 is 8.05. The minimum atomic E-state index is -0.467. The Labute approximate surface area is 187 Å². The van der Waals surface area contributed by atoms with Gasteiger partial charge >= 0.3 is 6.03 Å². The molecule has 0 spiro atoms. The fraction of sp³-hybridized carbons (Fsp3) is 0.143. The summed E-state index contributed by atoms with van der Waals surface area (Å²) < 4.78 is 12.2. The maximum atomic E-state index is 12.4. The summed E-state index contributed by atoms with van der Waals surface area (Å²) in [5, 5.41) is 3.24. The van der Waals surface area contributed by atoms with Crippen LogP contribution in [-0.4, -0.2) is 30.5 Å². The van der Waals surface area contributed by atoms with Crippen LogP contribution in [0.2, 0.25) is 5.02 Å². The van der Waals surface area contributed by atoms with Crippen LogP contribution in [0, 0.1) is 3.57 Å². The van der Waals surface area contributed by atoms with Crippen LogP contribution in [0.15, 0.2) is 54.8 Å². The van der Waals surface area contributed by atoms with Crippen molar-refractivity contribution < 1.29 is 19.1 Å². The van der Waals surface area contributed by atoms with E-state index in [-0.39, 0.29) is 12.2 Å². The third-order valence-corrected chi connectivity index (χ3v) is 5.19. The van der Waals surface area contributed by atoms with Crippen molar-refractivity contribution in [3.05, 3.63) is 74.5 Å². The molecule has 1 N–H and O–H groups in total. The van der Waals surface area contributed by atoms with Crippen molar-refractivity contribution in [2.75, 3.05) is 13.7 Å². The molecule has 0 radical (unpaired) electrons. The van der Waals surface area contributed by atoms with Crippen LogP contribution in [0.3, 0.4) is 0 Å². The number of nitrogens with one attached hydrogen (secondary N) is 1. The highest BCUT2D eigenvalue weighted by molar-refractivity contribution is 14.1. The molecule has 0 saturated carbocycles. The Morgan fingerprint density at radius 2 is 1.97 bits per heavy atom. The average Bonchev–Trinajstić information content (AvgIpc) is 2.96. The van der Waals surface area contributed by atoms with Gasteiger partial charge in [-0.1, -0.05) is 29.8 Å². The molecule has 3 rings (SSSR count). The second-order valence-electron chi connectivity index (χ2n) is 6.14. The molecule has 1 aliphatic heterocycles. The van der Waals surface area contributed by atoms with Crippen molar-refractivity contribution in [2.24, 2.45) is 0 Å². The molecule has 6 nitrogen and oxygen atoms in total. The van der Waals surface area contributed by atoms with Gasteiger partial charge in [0.2, 0.25) is 0 Å². The van der Waals surface area contributed by atoms with Gasteiger partial charge in [-0.2, -0.15) is 0 Å². The second kappa shape index (κ2) is 9.32. The molecule has 8 heteroatoms. The molecule has 1 saturated heterocycles. The first-order chi connectivity index (χ1) is 13.9. The SMILES string of the molecule is C=CCN1C(=O)N/C(=C\c2cc(I)c(OCc3ccc(Cl)cc3)c(OC)c2)C1=O. The van der Waals surface area contributed by atoms with Gasteiger partial charge in [0.1, 0.15) is 12.3 Å². The third-order valence-electron chi connectivity index (χ3n) is 4.13. The Balaban J connectivity index is 1.83. The molecule has 29 heavy (non-hydrogen) atoms. The molecular weight excluding hydrogens is 507 g/mol. The zero-order chi connectivity index (χ0) is 21.0. The zero-order valence-electron chi connectivity index (χ0n) is 15.6. The molecule has 1 aliphatic rings. The third kappa shape index (κ3) is 4.91. The smallest absolute Gasteiger partial charge is 0.329 e. The summed E-state index contributed by atoms with van der Waals surface area (Å²) in [5.41, 5.74) is 1.87. The van der Waals surface area contributed by atoms with E-state index in [1.807, 2.05) is 18.2 Å². The Hall–Kier alpha value is -2.52. The summed E-state index contributed by atoms with van der Waals surface area (Å²) in [6.45, 7) is 4.07. The number of nitrogens with zero attached hydrogens (tertiary/aromatic N) is 1. The number of rotatable bonds is 7. The quantitative estimate of drug-likeness (QED) is 0.249. The van der Waals surface area contributed by atoms with Crippen molar-refractivity contribution in [3.63, 3.8) is 0 Å². The molecule has 1 fully saturated rings. The van der Waals surface area contributed by atoms with Crippen LogP contribution in [0.5, 0.6) is 11.5 Å². The predicted octanol–water partition coefficient (Wildman–Crippen LogP) is 4.61. The predicted molar refractivity (Wildman–Crippen MR) is 120 cm³/mol. The van der Waals surface area contributed by atoms with E-state index in [4.69, 9.17) is 21.1 Å². The van der Waals surface area contributed by atoms with E-state index in [9.17, 15) is 9.59 Å². The normalized spacial score (nSPS) is 14.9. The minimum absolute atomic E-state index is 0.153. The molecule has 0 aliphatic carbocycles. The first-order valence-electron chi connectivity index (χ1n) is 8.63. The van der Waals surface area contributed by atoms with E-state index in [0.29, 0.717) is 28.7 Å². The fourth-order valence-electron chi connectivity index (χ4n) is 2.73. The number of methoxy groups -OCH3 is 1. The van der Waals surface area contributed by atoms with E-state index in [1.54, 1.807) is 31.4 Å². The van der Waals surface area contributed by atoms with Gasteiger partial charge in [0.15, 0.2) is 11.5 Å². The van der Waals surface area contributed by atoms with Crippen LogP contribution < -0.4 is 14.8 Å². The average molecular weight is 525 g/mol. The standard InChI is InChI=1S/C21H18ClIN2O4/c1-3-8-25-20(26)17(24-21(25)27)10-14-9-16(23)19(18(11-14)28-2)29-12-13-4-6-15(22)7-5-13/h3-7,9-11H,1,8,12H2,2H3,(H,24,27)/b17-10-. The summed E-state index contributed by atoms with van der Waals surface area (Å²) in [6, 6.07) is 10.5. The van der Waals surface area contributed by atoms with Crippen molar-refractivity contribution in [3.8, 4) is 11.5 Å². The van der Waals surface area contributed by atoms with Crippen LogP contribution in [-0.2, 0) is 11.4 Å². The van der Waals surface area contributed by atoms with E-state index in [1.165, 1.54) is 6.08 Å². The summed E-state index contributed by atoms with van der Waals surface area (Å²) in [4.78, 5) is 25.4. The lowest BCUT2D eigenvalue weighted by Gasteiger charge is -2.14. The molecule has 0 bridgehead atoms. The van der Waals surface area contributed by atoms with Gasteiger partial charge in [0.25, 0.3) is 5.91 Å². The van der Waals surface area contributed by atoms with E-state index in [2.05, 4.69) is 34.5 Å². The summed E-state index contributed by atoms with van der Waals surface area (Å²) in [7, 11) is 1.55. The van der Waals surface area contributed by atoms with Crippen LogP contribution >= 0.6 is 34.2 Å². The van der Waals surface area contributed by atoms with Crippen molar-refractivity contribution >= 4 is 52.2 Å². The number of imide groups is 1. The van der Waals surface area contributed by atoms with Gasteiger partial charge in [0.05, 0.1) is 10.7 Å². The molecule has 2 aromatic carbocycles. The number of ether oxygens (including phenoxy) is 2. The lowest BCUT2D eigenvalue weighted by molar-refractivity contribution is -0.122. The Bertz CT molecular complexity index is 989. The lowest BCUT2D eigenvalue weighted by atomic mass is 10.1. The summed E-state index contributed by atoms with van der Waals surface area (Å²) in [6.07, 6.45) is 3.11. The number of carbonyl (C=O) groups is 2. The summed E-state index contributed by atoms with van der Waals surface area (Å²) in [5.74, 6) is 0.727. The van der Waals surface area contributed by atoms with Crippen molar-refractivity contribution in [1.29, 1.82) is 0 Å². The number of carbonyl (C=O) groups excluding carboxylic acids is 2. The number of amides is 3. The highest BCUT2D eigenvalue weighted by Crippen LogP contribution is 2.35. The Morgan fingerprint density at radius 3 is 2.62 bits per heavy atom. The minimum Gasteiger partial charge on any atom is -0.493 e. The molecule has 1 heterocycles. The molecular formula is C21H18ClIN2O4. The monoisotopic (exact) mass is 524 g/mol. The fourth-order valence-corrected chi connectivity index (χ4v) is 3.64. The van der Waals surface area contributed by atoms with Crippen molar-refractivity contribution in [1.82, 2.24) is 10.2 Å². The van der Waals surface area contributed by atoms with E-state index < -0.39 is 11.9 Å². The Morgan fingerprint density at radius 1 is 1.24 bits per heavy atom. The van der Waals surface area contributed by atoms with Gasteiger partial charge in [-0.05, 0) is 64.1 Å². The lowest BCUT2D eigenvalue weighted by Crippen LogP contribution is -2.30. The van der Waals surface area contributed by atoms with Gasteiger partial charge in [-0.3, -0.25) is 9.69 Å². The first-order valence-corrected chi connectivity index (χ1v) is 10.1. The van der Waals surface area contributed by atoms with Crippen molar-refractivity contribution in [2.45, 2.75) is 6.61 Å². The number of hydrogen-bond acceptors (Lipinski definition) is 4. The van der Waals surface area contributed by atoms with Crippen LogP contribution in [0.1, 0.15) is 11.1 Å². The molecule has 0 atom stereocenters. The van der Waals surface area contributed by atoms with E-state index in [0.717, 1.165) is 14.0 Å². The first kappa shape index (κ1) is 21.2. The molecule has 2 aromatic rings.